The normalized spacial score (nSPS) is 15.9. The highest BCUT2D eigenvalue weighted by Gasteiger charge is 2.29. The molecule has 2 rings (SSSR count). The van der Waals surface area contributed by atoms with E-state index < -0.39 is 4.92 Å². The lowest BCUT2D eigenvalue weighted by Gasteiger charge is -2.10. The van der Waals surface area contributed by atoms with Crippen LogP contribution in [0.4, 0.5) is 5.69 Å². The Hall–Kier alpha value is -1.43. The maximum atomic E-state index is 11.9. The fourth-order valence-corrected chi connectivity index (χ4v) is 2.61. The molecule has 1 unspecified atom stereocenters. The third kappa shape index (κ3) is 3.53. The van der Waals surface area contributed by atoms with Crippen LogP contribution in [0.1, 0.15) is 28.8 Å². The molecule has 6 heteroatoms. The van der Waals surface area contributed by atoms with Crippen molar-refractivity contribution in [1.29, 1.82) is 0 Å². The third-order valence-electron chi connectivity index (χ3n) is 3.25. The Labute approximate surface area is 119 Å². The van der Waals surface area contributed by atoms with Gasteiger partial charge >= 0.3 is 0 Å². The lowest BCUT2D eigenvalue weighted by atomic mass is 10.1. The number of benzene rings is 1. The molecular weight excluding hydrogens is 312 g/mol. The van der Waals surface area contributed by atoms with E-state index in [1.54, 1.807) is 13.0 Å². The molecule has 1 saturated carbocycles. The number of aryl methyl sites for hydroxylation is 1. The molecule has 1 aliphatic carbocycles. The van der Waals surface area contributed by atoms with Crippen LogP contribution in [0.2, 0.25) is 0 Å². The van der Waals surface area contributed by atoms with Crippen LogP contribution in [0.3, 0.4) is 0 Å². The van der Waals surface area contributed by atoms with E-state index in [0.717, 1.165) is 0 Å². The smallest absolute Gasteiger partial charge is 0.272 e. The van der Waals surface area contributed by atoms with Gasteiger partial charge in [0.2, 0.25) is 0 Å². The number of carbonyl (C=O) groups is 1. The largest absolute Gasteiger partial charge is 0.351 e. The van der Waals surface area contributed by atoms with Crippen molar-refractivity contribution in [2.75, 3.05) is 6.54 Å². The van der Waals surface area contributed by atoms with Crippen LogP contribution in [-0.4, -0.2) is 22.2 Å². The van der Waals surface area contributed by atoms with Crippen LogP contribution in [0, 0.1) is 23.0 Å². The topological polar surface area (TPSA) is 72.2 Å². The number of amides is 1. The highest BCUT2D eigenvalue weighted by molar-refractivity contribution is 9.09. The van der Waals surface area contributed by atoms with Crippen molar-refractivity contribution >= 4 is 27.5 Å². The summed E-state index contributed by atoms with van der Waals surface area (Å²) in [6.45, 7) is 2.21. The predicted octanol–water partition coefficient (Wildman–Crippen LogP) is 2.81. The van der Waals surface area contributed by atoms with E-state index >= 15 is 0 Å². The SMILES string of the molecule is Cc1cc(C(=O)NCC(Br)C2CC2)ccc1[N+](=O)[O-]. The first-order valence-corrected chi connectivity index (χ1v) is 7.08. The number of rotatable bonds is 5. The van der Waals surface area contributed by atoms with Crippen molar-refractivity contribution in [1.82, 2.24) is 5.32 Å². The summed E-state index contributed by atoms with van der Waals surface area (Å²) in [7, 11) is 0. The van der Waals surface area contributed by atoms with Gasteiger partial charge in [-0.15, -0.1) is 0 Å². The molecule has 0 heterocycles. The molecule has 0 bridgehead atoms. The van der Waals surface area contributed by atoms with Crippen molar-refractivity contribution in [2.45, 2.75) is 24.6 Å². The van der Waals surface area contributed by atoms with Crippen LogP contribution in [0.5, 0.6) is 0 Å². The van der Waals surface area contributed by atoms with Gasteiger partial charge in [-0.2, -0.15) is 0 Å². The maximum absolute atomic E-state index is 11.9. The molecule has 1 amide bonds. The zero-order valence-corrected chi connectivity index (χ0v) is 12.1. The second kappa shape index (κ2) is 5.69. The summed E-state index contributed by atoms with van der Waals surface area (Å²) in [6, 6.07) is 4.41. The monoisotopic (exact) mass is 326 g/mol. The van der Waals surface area contributed by atoms with Crippen molar-refractivity contribution in [3.8, 4) is 0 Å². The summed E-state index contributed by atoms with van der Waals surface area (Å²) in [5.74, 6) is 0.474. The molecule has 5 nitrogen and oxygen atoms in total. The van der Waals surface area contributed by atoms with Crippen LogP contribution < -0.4 is 5.32 Å². The van der Waals surface area contributed by atoms with Gasteiger partial charge in [0, 0.05) is 28.6 Å². The minimum Gasteiger partial charge on any atom is -0.351 e. The van der Waals surface area contributed by atoms with E-state index in [2.05, 4.69) is 21.2 Å². The molecule has 19 heavy (non-hydrogen) atoms. The predicted molar refractivity (Wildman–Crippen MR) is 75.6 cm³/mol. The van der Waals surface area contributed by atoms with E-state index in [0.29, 0.717) is 28.4 Å². The zero-order chi connectivity index (χ0) is 14.0. The lowest BCUT2D eigenvalue weighted by molar-refractivity contribution is -0.385. The second-order valence-electron chi connectivity index (χ2n) is 4.82. The van der Waals surface area contributed by atoms with E-state index in [4.69, 9.17) is 0 Å². The molecule has 0 saturated heterocycles. The Balaban J connectivity index is 1.98. The standard InChI is InChI=1S/C13H15BrN2O3/c1-8-6-10(4-5-12(8)16(18)19)13(17)15-7-11(14)9-2-3-9/h4-6,9,11H,2-3,7H2,1H3,(H,15,17). The number of hydrogen-bond donors (Lipinski definition) is 1. The molecular formula is C13H15BrN2O3. The van der Waals surface area contributed by atoms with Gasteiger partial charge in [-0.3, -0.25) is 14.9 Å². The minimum absolute atomic E-state index is 0.0351. The Morgan fingerprint density at radius 2 is 2.26 bits per heavy atom. The first-order valence-electron chi connectivity index (χ1n) is 6.16. The van der Waals surface area contributed by atoms with Crippen LogP contribution in [0.15, 0.2) is 18.2 Å². The second-order valence-corrected chi connectivity index (χ2v) is 6.00. The Kier molecular flexibility index (Phi) is 4.19. The molecule has 102 valence electrons. The molecule has 0 aromatic heterocycles. The molecule has 0 aliphatic heterocycles. The van der Waals surface area contributed by atoms with Gasteiger partial charge in [0.25, 0.3) is 11.6 Å². The summed E-state index contributed by atoms with van der Waals surface area (Å²) in [5, 5.41) is 13.5. The van der Waals surface area contributed by atoms with Crippen LogP contribution in [0.25, 0.3) is 0 Å². The highest BCUT2D eigenvalue weighted by Crippen LogP contribution is 2.36. The fraction of sp³-hybridized carbons (Fsp3) is 0.462. The molecule has 1 aliphatic rings. The molecule has 1 atom stereocenters. The van der Waals surface area contributed by atoms with E-state index in [9.17, 15) is 14.9 Å². The summed E-state index contributed by atoms with van der Waals surface area (Å²) < 4.78 is 0. The van der Waals surface area contributed by atoms with Crippen molar-refractivity contribution in [3.05, 3.63) is 39.4 Å². The fourth-order valence-electron chi connectivity index (χ4n) is 1.92. The minimum atomic E-state index is -0.446. The van der Waals surface area contributed by atoms with Gasteiger partial charge in [-0.1, -0.05) is 15.9 Å². The number of halogens is 1. The number of nitro groups is 1. The molecule has 1 N–H and O–H groups in total. The Morgan fingerprint density at radius 1 is 1.58 bits per heavy atom. The average molecular weight is 327 g/mol. The molecule has 0 radical (unpaired) electrons. The summed E-state index contributed by atoms with van der Waals surface area (Å²) >= 11 is 3.55. The van der Waals surface area contributed by atoms with Gasteiger partial charge in [-0.25, -0.2) is 0 Å². The van der Waals surface area contributed by atoms with Gasteiger partial charge in [0.1, 0.15) is 0 Å². The first kappa shape index (κ1) is 14.0. The molecule has 1 aromatic carbocycles. The quantitative estimate of drug-likeness (QED) is 0.513. The van der Waals surface area contributed by atoms with Gasteiger partial charge in [0.15, 0.2) is 0 Å². The van der Waals surface area contributed by atoms with E-state index in [1.165, 1.54) is 25.0 Å². The lowest BCUT2D eigenvalue weighted by Crippen LogP contribution is -2.30. The van der Waals surface area contributed by atoms with Crippen molar-refractivity contribution < 1.29 is 9.72 Å². The van der Waals surface area contributed by atoms with Crippen LogP contribution in [-0.2, 0) is 0 Å². The van der Waals surface area contributed by atoms with Crippen molar-refractivity contribution in [2.24, 2.45) is 5.92 Å². The van der Waals surface area contributed by atoms with Crippen molar-refractivity contribution in [3.63, 3.8) is 0 Å². The Morgan fingerprint density at radius 3 is 2.79 bits per heavy atom. The van der Waals surface area contributed by atoms with Gasteiger partial charge < -0.3 is 5.32 Å². The highest BCUT2D eigenvalue weighted by atomic mass is 79.9. The van der Waals surface area contributed by atoms with Crippen LogP contribution >= 0.6 is 15.9 Å². The molecule has 0 spiro atoms. The molecule has 1 fully saturated rings. The number of nitrogens with one attached hydrogen (secondary N) is 1. The Bertz CT molecular complexity index is 515. The van der Waals surface area contributed by atoms with E-state index in [1.807, 2.05) is 0 Å². The summed E-state index contributed by atoms with van der Waals surface area (Å²) in [6.07, 6.45) is 2.42. The number of alkyl halides is 1. The van der Waals surface area contributed by atoms with Gasteiger partial charge in [-0.05, 0) is 37.8 Å². The maximum Gasteiger partial charge on any atom is 0.272 e. The van der Waals surface area contributed by atoms with E-state index in [-0.39, 0.29) is 11.6 Å². The molecule has 1 aromatic rings. The summed E-state index contributed by atoms with van der Waals surface area (Å²) in [5.41, 5.74) is 0.988. The number of hydrogen-bond acceptors (Lipinski definition) is 3. The third-order valence-corrected chi connectivity index (χ3v) is 4.32. The van der Waals surface area contributed by atoms with Gasteiger partial charge in [0.05, 0.1) is 4.92 Å². The zero-order valence-electron chi connectivity index (χ0n) is 10.6. The number of carbonyl (C=O) groups excluding carboxylic acids is 1. The number of nitro benzene ring substituents is 1. The number of nitrogens with zero attached hydrogens (tertiary/aromatic N) is 1. The average Bonchev–Trinajstić information content (AvgIpc) is 3.19. The first-order chi connectivity index (χ1) is 8.99. The summed E-state index contributed by atoms with van der Waals surface area (Å²) in [4.78, 5) is 22.5.